The van der Waals surface area contributed by atoms with Crippen LogP contribution in [0.3, 0.4) is 0 Å². The van der Waals surface area contributed by atoms with Gasteiger partial charge < -0.3 is 15.7 Å². The normalized spacial score (nSPS) is 23.3. The van der Waals surface area contributed by atoms with Crippen LogP contribution in [0.25, 0.3) is 0 Å². The largest absolute Gasteiger partial charge is 0.481 e. The topological polar surface area (TPSA) is 96.3 Å². The molecule has 1 aliphatic carbocycles. The van der Waals surface area contributed by atoms with E-state index >= 15 is 0 Å². The monoisotopic (exact) mass is 294 g/mol. The third kappa shape index (κ3) is 4.77. The summed E-state index contributed by atoms with van der Waals surface area (Å²) in [4.78, 5) is 22.8. The first kappa shape index (κ1) is 15.3. The molecule has 3 N–H and O–H groups in total. The number of carbonyl (C=O) groups is 2. The SMILES string of the molecule is CC(Cn1cccn1)NC(=O)NC1CCC(C(=O)O)CC1. The summed E-state index contributed by atoms with van der Waals surface area (Å²) in [7, 11) is 0. The number of nitrogens with one attached hydrogen (secondary N) is 2. The van der Waals surface area contributed by atoms with Crippen LogP contribution in [0.2, 0.25) is 0 Å². The summed E-state index contributed by atoms with van der Waals surface area (Å²) in [6, 6.07) is 1.68. The fourth-order valence-corrected chi connectivity index (χ4v) is 2.67. The van der Waals surface area contributed by atoms with E-state index in [1.165, 1.54) is 0 Å². The van der Waals surface area contributed by atoms with Gasteiger partial charge in [-0.05, 0) is 38.7 Å². The van der Waals surface area contributed by atoms with Crippen molar-refractivity contribution in [1.29, 1.82) is 0 Å². The van der Waals surface area contributed by atoms with E-state index < -0.39 is 5.97 Å². The van der Waals surface area contributed by atoms with E-state index in [9.17, 15) is 9.59 Å². The standard InChI is InChI=1S/C14H22N4O3/c1-10(9-18-8-2-7-15-18)16-14(21)17-12-5-3-11(4-6-12)13(19)20/h2,7-8,10-12H,3-6,9H2,1H3,(H,19,20)(H2,16,17,21). The maximum atomic E-state index is 11.9. The zero-order valence-corrected chi connectivity index (χ0v) is 12.2. The van der Waals surface area contributed by atoms with Crippen molar-refractivity contribution in [3.8, 4) is 0 Å². The van der Waals surface area contributed by atoms with Crippen LogP contribution in [0, 0.1) is 5.92 Å². The minimum Gasteiger partial charge on any atom is -0.481 e. The summed E-state index contributed by atoms with van der Waals surface area (Å²) < 4.78 is 1.77. The molecule has 0 aliphatic heterocycles. The predicted molar refractivity (Wildman–Crippen MR) is 76.7 cm³/mol. The average Bonchev–Trinajstić information content (AvgIpc) is 2.91. The third-order valence-corrected chi connectivity index (χ3v) is 3.81. The average molecular weight is 294 g/mol. The molecular weight excluding hydrogens is 272 g/mol. The van der Waals surface area contributed by atoms with Crippen LogP contribution in [-0.4, -0.2) is 39.0 Å². The molecule has 0 spiro atoms. The molecule has 7 nitrogen and oxygen atoms in total. The molecule has 0 aromatic carbocycles. The molecule has 0 saturated heterocycles. The predicted octanol–water partition coefficient (Wildman–Crippen LogP) is 1.21. The van der Waals surface area contributed by atoms with Crippen LogP contribution in [0.4, 0.5) is 4.79 Å². The van der Waals surface area contributed by atoms with Crippen molar-refractivity contribution in [1.82, 2.24) is 20.4 Å². The Morgan fingerprint density at radius 2 is 2.10 bits per heavy atom. The summed E-state index contributed by atoms with van der Waals surface area (Å²) >= 11 is 0. The van der Waals surface area contributed by atoms with Gasteiger partial charge in [-0.1, -0.05) is 0 Å². The van der Waals surface area contributed by atoms with Crippen molar-refractivity contribution in [3.63, 3.8) is 0 Å². The lowest BCUT2D eigenvalue weighted by Crippen LogP contribution is -2.47. The number of rotatable bonds is 5. The molecule has 21 heavy (non-hydrogen) atoms. The second-order valence-electron chi connectivity index (χ2n) is 5.63. The molecule has 0 radical (unpaired) electrons. The first-order chi connectivity index (χ1) is 10.0. The van der Waals surface area contributed by atoms with Crippen molar-refractivity contribution < 1.29 is 14.7 Å². The first-order valence-corrected chi connectivity index (χ1v) is 7.32. The van der Waals surface area contributed by atoms with Crippen LogP contribution in [0.15, 0.2) is 18.5 Å². The van der Waals surface area contributed by atoms with Gasteiger partial charge in [0.15, 0.2) is 0 Å². The zero-order chi connectivity index (χ0) is 15.2. The van der Waals surface area contributed by atoms with Gasteiger partial charge in [0.2, 0.25) is 0 Å². The highest BCUT2D eigenvalue weighted by molar-refractivity contribution is 5.74. The maximum absolute atomic E-state index is 11.9. The molecule has 2 rings (SSSR count). The molecule has 1 unspecified atom stereocenters. The van der Waals surface area contributed by atoms with Gasteiger partial charge in [-0.25, -0.2) is 4.79 Å². The van der Waals surface area contributed by atoms with Gasteiger partial charge in [-0.3, -0.25) is 9.48 Å². The number of carboxylic acids is 1. The van der Waals surface area contributed by atoms with Gasteiger partial charge in [0.25, 0.3) is 0 Å². The van der Waals surface area contributed by atoms with Crippen molar-refractivity contribution in [2.24, 2.45) is 5.92 Å². The molecule has 1 aromatic rings. The smallest absolute Gasteiger partial charge is 0.315 e. The van der Waals surface area contributed by atoms with Crippen molar-refractivity contribution in [2.75, 3.05) is 0 Å². The Morgan fingerprint density at radius 1 is 1.38 bits per heavy atom. The molecule has 7 heteroatoms. The second kappa shape index (κ2) is 7.10. The molecular formula is C14H22N4O3. The Hall–Kier alpha value is -2.05. The van der Waals surface area contributed by atoms with Gasteiger partial charge >= 0.3 is 12.0 Å². The summed E-state index contributed by atoms with van der Waals surface area (Å²) in [5.74, 6) is -0.990. The lowest BCUT2D eigenvalue weighted by Gasteiger charge is -2.27. The van der Waals surface area contributed by atoms with E-state index in [-0.39, 0.29) is 24.0 Å². The minimum atomic E-state index is -0.731. The highest BCUT2D eigenvalue weighted by atomic mass is 16.4. The summed E-state index contributed by atoms with van der Waals surface area (Å²) in [5.41, 5.74) is 0. The third-order valence-electron chi connectivity index (χ3n) is 3.81. The molecule has 2 amide bonds. The second-order valence-corrected chi connectivity index (χ2v) is 5.63. The Bertz CT molecular complexity index is 467. The van der Waals surface area contributed by atoms with E-state index in [0.717, 1.165) is 12.8 Å². The van der Waals surface area contributed by atoms with Gasteiger partial charge in [-0.15, -0.1) is 0 Å². The fraction of sp³-hybridized carbons (Fsp3) is 0.643. The Morgan fingerprint density at radius 3 is 2.67 bits per heavy atom. The lowest BCUT2D eigenvalue weighted by molar-refractivity contribution is -0.142. The van der Waals surface area contributed by atoms with Crippen molar-refractivity contribution >= 4 is 12.0 Å². The van der Waals surface area contributed by atoms with E-state index in [1.54, 1.807) is 10.9 Å². The lowest BCUT2D eigenvalue weighted by atomic mass is 9.86. The Balaban J connectivity index is 1.69. The number of amides is 2. The number of hydrogen-bond acceptors (Lipinski definition) is 3. The quantitative estimate of drug-likeness (QED) is 0.760. The van der Waals surface area contributed by atoms with E-state index in [2.05, 4.69) is 15.7 Å². The van der Waals surface area contributed by atoms with Crippen LogP contribution in [0.5, 0.6) is 0 Å². The van der Waals surface area contributed by atoms with E-state index in [4.69, 9.17) is 5.11 Å². The molecule has 1 aromatic heterocycles. The number of aliphatic carboxylic acids is 1. The van der Waals surface area contributed by atoms with Gasteiger partial charge in [-0.2, -0.15) is 5.10 Å². The van der Waals surface area contributed by atoms with Crippen molar-refractivity contribution in [2.45, 2.75) is 51.2 Å². The maximum Gasteiger partial charge on any atom is 0.315 e. The number of hydrogen-bond donors (Lipinski definition) is 3. The van der Waals surface area contributed by atoms with Crippen LogP contribution in [0.1, 0.15) is 32.6 Å². The molecule has 1 fully saturated rings. The first-order valence-electron chi connectivity index (χ1n) is 7.32. The number of carbonyl (C=O) groups excluding carboxylic acids is 1. The van der Waals surface area contributed by atoms with E-state index in [1.807, 2.05) is 19.2 Å². The Kier molecular flexibility index (Phi) is 5.19. The minimum absolute atomic E-state index is 0.0275. The molecule has 1 aliphatic rings. The highest BCUT2D eigenvalue weighted by Gasteiger charge is 2.26. The zero-order valence-electron chi connectivity index (χ0n) is 12.2. The van der Waals surface area contributed by atoms with Crippen LogP contribution >= 0.6 is 0 Å². The molecule has 0 bridgehead atoms. The van der Waals surface area contributed by atoms with E-state index in [0.29, 0.717) is 19.4 Å². The van der Waals surface area contributed by atoms with Crippen LogP contribution < -0.4 is 10.6 Å². The number of carboxylic acid groups (broad SMARTS) is 1. The highest BCUT2D eigenvalue weighted by Crippen LogP contribution is 2.24. The summed E-state index contributed by atoms with van der Waals surface area (Å²) in [5, 5.41) is 18.8. The Labute approximate surface area is 123 Å². The molecule has 1 heterocycles. The summed E-state index contributed by atoms with van der Waals surface area (Å²) in [6.07, 6.45) is 6.25. The molecule has 1 saturated carbocycles. The van der Waals surface area contributed by atoms with Crippen LogP contribution in [-0.2, 0) is 11.3 Å². The molecule has 1 atom stereocenters. The van der Waals surface area contributed by atoms with Gasteiger partial charge in [0, 0.05) is 24.5 Å². The van der Waals surface area contributed by atoms with Gasteiger partial charge in [0.05, 0.1) is 12.5 Å². The number of aromatic nitrogens is 2. The fourth-order valence-electron chi connectivity index (χ4n) is 2.67. The van der Waals surface area contributed by atoms with Gasteiger partial charge in [0.1, 0.15) is 0 Å². The molecule has 116 valence electrons. The number of urea groups is 1. The summed E-state index contributed by atoms with van der Waals surface area (Å²) in [6.45, 7) is 2.54. The van der Waals surface area contributed by atoms with Crippen molar-refractivity contribution in [3.05, 3.63) is 18.5 Å². The number of nitrogens with zero attached hydrogens (tertiary/aromatic N) is 2.